The lowest BCUT2D eigenvalue weighted by Gasteiger charge is -2.06. The van der Waals surface area contributed by atoms with E-state index >= 15 is 0 Å². The van der Waals surface area contributed by atoms with Crippen LogP contribution in [-0.4, -0.2) is 21.0 Å². The Morgan fingerprint density at radius 1 is 1.47 bits per heavy atom. The summed E-state index contributed by atoms with van der Waals surface area (Å²) in [6.07, 6.45) is 3.48. The third-order valence-corrected chi connectivity index (χ3v) is 3.19. The average Bonchev–Trinajstić information content (AvgIpc) is 2.89. The Morgan fingerprint density at radius 2 is 2.29 bits per heavy atom. The van der Waals surface area contributed by atoms with Crippen molar-refractivity contribution in [2.24, 2.45) is 10.9 Å². The molecule has 0 aliphatic heterocycles. The molecule has 6 heteroatoms. The van der Waals surface area contributed by atoms with Gasteiger partial charge in [0.2, 0.25) is 0 Å². The quantitative estimate of drug-likeness (QED) is 0.253. The van der Waals surface area contributed by atoms with Crippen molar-refractivity contribution in [1.29, 1.82) is 0 Å². The van der Waals surface area contributed by atoms with Gasteiger partial charge in [0.25, 0.3) is 0 Å². The van der Waals surface area contributed by atoms with Gasteiger partial charge in [-0.05, 0) is 5.56 Å². The Morgan fingerprint density at radius 3 is 3.00 bits per heavy atom. The van der Waals surface area contributed by atoms with Gasteiger partial charge in [-0.1, -0.05) is 41.2 Å². The maximum Gasteiger partial charge on any atom is 0.170 e. The predicted molar refractivity (Wildman–Crippen MR) is 67.1 cm³/mol. The van der Waals surface area contributed by atoms with Gasteiger partial charge in [-0.3, -0.25) is 0 Å². The lowest BCUT2D eigenvalue weighted by molar-refractivity contribution is 0.318. The number of aromatic nitrogens is 2. The number of nitrogens with two attached hydrogens (primary N) is 1. The molecule has 2 aromatic rings. The molecule has 0 unspecified atom stereocenters. The number of oxime groups is 1. The summed E-state index contributed by atoms with van der Waals surface area (Å²) >= 11 is 1.56. The summed E-state index contributed by atoms with van der Waals surface area (Å²) in [6.45, 7) is 0. The molecule has 0 fully saturated rings. The molecule has 88 valence electrons. The summed E-state index contributed by atoms with van der Waals surface area (Å²) in [4.78, 5) is 7.13. The van der Waals surface area contributed by atoms with E-state index in [2.05, 4.69) is 15.1 Å². The van der Waals surface area contributed by atoms with Gasteiger partial charge in [-0.15, -0.1) is 0 Å². The highest BCUT2D eigenvalue weighted by molar-refractivity contribution is 7.98. The van der Waals surface area contributed by atoms with Crippen molar-refractivity contribution in [3.63, 3.8) is 0 Å². The van der Waals surface area contributed by atoms with Crippen LogP contribution in [0.1, 0.15) is 11.1 Å². The number of aromatic amines is 1. The summed E-state index contributed by atoms with van der Waals surface area (Å²) < 4.78 is 0. The van der Waals surface area contributed by atoms with Crippen molar-refractivity contribution in [3.05, 3.63) is 47.8 Å². The molecule has 0 radical (unpaired) electrons. The number of nitrogens with one attached hydrogen (secondary N) is 1. The zero-order valence-corrected chi connectivity index (χ0v) is 9.81. The molecule has 5 nitrogen and oxygen atoms in total. The second-order valence-electron chi connectivity index (χ2n) is 3.33. The van der Waals surface area contributed by atoms with Crippen LogP contribution in [0.5, 0.6) is 0 Å². The van der Waals surface area contributed by atoms with Crippen molar-refractivity contribution in [3.8, 4) is 0 Å². The Balaban J connectivity index is 2.15. The first kappa shape index (κ1) is 11.5. The van der Waals surface area contributed by atoms with E-state index in [0.29, 0.717) is 5.75 Å². The number of imidazole rings is 1. The largest absolute Gasteiger partial charge is 0.409 e. The van der Waals surface area contributed by atoms with Crippen LogP contribution in [0.3, 0.4) is 0 Å². The fraction of sp³-hybridized carbons (Fsp3) is 0.0909. The number of nitrogens with zero attached hydrogens (tertiary/aromatic N) is 2. The van der Waals surface area contributed by atoms with E-state index in [9.17, 15) is 0 Å². The topological polar surface area (TPSA) is 87.3 Å². The van der Waals surface area contributed by atoms with Crippen molar-refractivity contribution in [1.82, 2.24) is 9.97 Å². The summed E-state index contributed by atoms with van der Waals surface area (Å²) in [6, 6.07) is 7.55. The molecular weight excluding hydrogens is 236 g/mol. The van der Waals surface area contributed by atoms with Gasteiger partial charge in [-0.25, -0.2) is 4.98 Å². The Bertz CT molecular complexity index is 510. The lowest BCUT2D eigenvalue weighted by atomic mass is 10.1. The van der Waals surface area contributed by atoms with Crippen LogP contribution in [0.15, 0.2) is 47.0 Å². The summed E-state index contributed by atoms with van der Waals surface area (Å²) in [5.41, 5.74) is 7.36. The summed E-state index contributed by atoms with van der Waals surface area (Å²) in [5, 5.41) is 12.6. The third kappa shape index (κ3) is 2.79. The first-order valence-corrected chi connectivity index (χ1v) is 5.98. The number of hydrogen-bond acceptors (Lipinski definition) is 4. The van der Waals surface area contributed by atoms with Gasteiger partial charge in [0.1, 0.15) is 0 Å². The smallest absolute Gasteiger partial charge is 0.170 e. The van der Waals surface area contributed by atoms with E-state index in [-0.39, 0.29) is 5.84 Å². The first-order valence-electron chi connectivity index (χ1n) is 4.99. The monoisotopic (exact) mass is 248 g/mol. The van der Waals surface area contributed by atoms with E-state index in [1.54, 1.807) is 24.2 Å². The van der Waals surface area contributed by atoms with E-state index in [1.807, 2.05) is 24.3 Å². The first-order chi connectivity index (χ1) is 8.31. The molecule has 17 heavy (non-hydrogen) atoms. The number of thioether (sulfide) groups is 1. The molecule has 1 aromatic carbocycles. The normalized spacial score (nSPS) is 11.6. The zero-order valence-electron chi connectivity index (χ0n) is 9.00. The van der Waals surface area contributed by atoms with E-state index in [1.165, 1.54) is 0 Å². The SMILES string of the molecule is N/C(=N/O)c1ccccc1CSc1ncc[nH]1. The zero-order chi connectivity index (χ0) is 12.1. The van der Waals surface area contributed by atoms with Crippen LogP contribution < -0.4 is 5.73 Å². The van der Waals surface area contributed by atoms with Crippen molar-refractivity contribution >= 4 is 17.6 Å². The van der Waals surface area contributed by atoms with Gasteiger partial charge in [0.05, 0.1) is 0 Å². The number of rotatable bonds is 4. The number of benzene rings is 1. The van der Waals surface area contributed by atoms with Gasteiger partial charge in [0, 0.05) is 23.7 Å². The standard InChI is InChI=1S/C11H12N4OS/c12-10(15-16)9-4-2-1-3-8(9)7-17-11-13-5-6-14-11/h1-6,16H,7H2,(H2,12,15)(H,13,14). The highest BCUT2D eigenvalue weighted by Gasteiger charge is 2.07. The molecule has 1 aromatic heterocycles. The Hall–Kier alpha value is -1.95. The third-order valence-electron chi connectivity index (χ3n) is 2.24. The molecule has 1 heterocycles. The van der Waals surface area contributed by atoms with Crippen LogP contribution in [-0.2, 0) is 5.75 Å². The van der Waals surface area contributed by atoms with Crippen molar-refractivity contribution < 1.29 is 5.21 Å². The van der Waals surface area contributed by atoms with E-state index in [4.69, 9.17) is 10.9 Å². The minimum absolute atomic E-state index is 0.126. The summed E-state index contributed by atoms with van der Waals surface area (Å²) in [5.74, 6) is 0.834. The maximum atomic E-state index is 8.70. The molecular formula is C11H12N4OS. The number of amidine groups is 1. The van der Waals surface area contributed by atoms with Gasteiger partial charge < -0.3 is 15.9 Å². The molecule has 0 saturated carbocycles. The number of hydrogen-bond donors (Lipinski definition) is 3. The van der Waals surface area contributed by atoms with Crippen LogP contribution in [0.4, 0.5) is 0 Å². The second-order valence-corrected chi connectivity index (χ2v) is 4.29. The van der Waals surface area contributed by atoms with Crippen LogP contribution >= 0.6 is 11.8 Å². The van der Waals surface area contributed by atoms with Crippen molar-refractivity contribution in [2.45, 2.75) is 10.9 Å². The second kappa shape index (κ2) is 5.40. The number of H-pyrrole nitrogens is 1. The lowest BCUT2D eigenvalue weighted by Crippen LogP contribution is -2.15. The molecule has 4 N–H and O–H groups in total. The van der Waals surface area contributed by atoms with E-state index in [0.717, 1.165) is 16.3 Å². The van der Waals surface area contributed by atoms with Crippen molar-refractivity contribution in [2.75, 3.05) is 0 Å². The molecule has 0 spiro atoms. The van der Waals surface area contributed by atoms with Crippen LogP contribution in [0, 0.1) is 0 Å². The highest BCUT2D eigenvalue weighted by atomic mass is 32.2. The maximum absolute atomic E-state index is 8.70. The summed E-state index contributed by atoms with van der Waals surface area (Å²) in [7, 11) is 0. The highest BCUT2D eigenvalue weighted by Crippen LogP contribution is 2.21. The molecule has 0 bridgehead atoms. The average molecular weight is 248 g/mol. The van der Waals surface area contributed by atoms with Crippen LogP contribution in [0.25, 0.3) is 0 Å². The molecule has 0 amide bonds. The van der Waals surface area contributed by atoms with Gasteiger partial charge in [0.15, 0.2) is 11.0 Å². The fourth-order valence-corrected chi connectivity index (χ4v) is 2.26. The molecule has 0 aliphatic carbocycles. The molecule has 2 rings (SSSR count). The van der Waals surface area contributed by atoms with Gasteiger partial charge >= 0.3 is 0 Å². The molecule has 0 aliphatic rings. The predicted octanol–water partition coefficient (Wildman–Crippen LogP) is 1.80. The molecule has 0 atom stereocenters. The Kier molecular flexibility index (Phi) is 3.66. The Labute approximate surface area is 103 Å². The van der Waals surface area contributed by atoms with Gasteiger partial charge in [-0.2, -0.15) is 0 Å². The minimum atomic E-state index is 0.126. The van der Waals surface area contributed by atoms with E-state index < -0.39 is 0 Å². The molecule has 0 saturated heterocycles. The minimum Gasteiger partial charge on any atom is -0.409 e. The van der Waals surface area contributed by atoms with Crippen LogP contribution in [0.2, 0.25) is 0 Å². The fourth-order valence-electron chi connectivity index (χ4n) is 1.43.